The molecule has 3 aromatic rings. The minimum atomic E-state index is -0.316. The van der Waals surface area contributed by atoms with Gasteiger partial charge in [0.1, 0.15) is 5.76 Å². The number of carbonyl (C=O) groups is 1. The molecule has 4 nitrogen and oxygen atoms in total. The van der Waals surface area contributed by atoms with Gasteiger partial charge in [-0.15, -0.1) is 0 Å². The van der Waals surface area contributed by atoms with Gasteiger partial charge in [-0.1, -0.05) is 42.0 Å². The molecule has 24 heavy (non-hydrogen) atoms. The molecule has 1 atom stereocenters. The Kier molecular flexibility index (Phi) is 3.58. The van der Waals surface area contributed by atoms with E-state index in [0.717, 1.165) is 17.0 Å². The molecule has 1 aliphatic rings. The van der Waals surface area contributed by atoms with Crippen LogP contribution in [-0.2, 0) is 6.54 Å². The van der Waals surface area contributed by atoms with Gasteiger partial charge in [0, 0.05) is 12.2 Å². The van der Waals surface area contributed by atoms with Gasteiger partial charge in [0.25, 0.3) is 5.91 Å². The van der Waals surface area contributed by atoms with Crippen molar-refractivity contribution in [2.75, 3.05) is 5.32 Å². The van der Waals surface area contributed by atoms with Crippen molar-refractivity contribution in [2.45, 2.75) is 19.6 Å². The van der Waals surface area contributed by atoms with Crippen LogP contribution in [0.2, 0.25) is 0 Å². The molecule has 4 heteroatoms. The normalized spacial score (nSPS) is 16.6. The summed E-state index contributed by atoms with van der Waals surface area (Å²) in [4.78, 5) is 14.8. The molecule has 1 aromatic heterocycles. The fraction of sp³-hybridized carbons (Fsp3) is 0.150. The highest BCUT2D eigenvalue weighted by Crippen LogP contribution is 2.34. The SMILES string of the molecule is Cc1ccc(CN2C(=O)c3ccccc3N[C@H]2c2ccco2)cc1. The highest BCUT2D eigenvalue weighted by molar-refractivity contribution is 6.01. The third-order valence-electron chi connectivity index (χ3n) is 4.31. The van der Waals surface area contributed by atoms with Crippen molar-refractivity contribution in [3.05, 3.63) is 89.4 Å². The predicted octanol–water partition coefficient (Wildman–Crippen LogP) is 4.35. The molecule has 0 saturated carbocycles. The highest BCUT2D eigenvalue weighted by atomic mass is 16.3. The average Bonchev–Trinajstić information content (AvgIpc) is 3.13. The fourth-order valence-electron chi connectivity index (χ4n) is 3.02. The predicted molar refractivity (Wildman–Crippen MR) is 92.6 cm³/mol. The van der Waals surface area contributed by atoms with Crippen LogP contribution in [0.3, 0.4) is 0 Å². The zero-order valence-corrected chi connectivity index (χ0v) is 13.4. The lowest BCUT2D eigenvalue weighted by Crippen LogP contribution is -2.42. The van der Waals surface area contributed by atoms with Crippen LogP contribution in [0.25, 0.3) is 0 Å². The van der Waals surface area contributed by atoms with Gasteiger partial charge in [0.05, 0.1) is 11.8 Å². The highest BCUT2D eigenvalue weighted by Gasteiger charge is 2.34. The molecule has 0 aliphatic carbocycles. The number of nitrogens with one attached hydrogen (secondary N) is 1. The van der Waals surface area contributed by atoms with E-state index in [-0.39, 0.29) is 12.1 Å². The first-order chi connectivity index (χ1) is 11.7. The van der Waals surface area contributed by atoms with Gasteiger partial charge >= 0.3 is 0 Å². The molecular weight excluding hydrogens is 300 g/mol. The van der Waals surface area contributed by atoms with E-state index in [9.17, 15) is 4.79 Å². The van der Waals surface area contributed by atoms with E-state index >= 15 is 0 Å². The minimum Gasteiger partial charge on any atom is -0.465 e. The smallest absolute Gasteiger partial charge is 0.258 e. The molecule has 0 unspecified atom stereocenters. The Morgan fingerprint density at radius 1 is 1.04 bits per heavy atom. The Bertz CT molecular complexity index is 854. The first-order valence-electron chi connectivity index (χ1n) is 7.98. The largest absolute Gasteiger partial charge is 0.465 e. The first kappa shape index (κ1) is 14.6. The topological polar surface area (TPSA) is 45.5 Å². The second kappa shape index (κ2) is 5.89. The summed E-state index contributed by atoms with van der Waals surface area (Å²) in [7, 11) is 0. The fourth-order valence-corrected chi connectivity index (χ4v) is 3.02. The monoisotopic (exact) mass is 318 g/mol. The van der Waals surface area contributed by atoms with Crippen molar-refractivity contribution in [2.24, 2.45) is 0 Å². The molecule has 0 radical (unpaired) electrons. The van der Waals surface area contributed by atoms with Gasteiger partial charge in [-0.2, -0.15) is 0 Å². The first-order valence-corrected chi connectivity index (χ1v) is 7.98. The number of furan rings is 1. The summed E-state index contributed by atoms with van der Waals surface area (Å²) in [5, 5.41) is 3.42. The number of anilines is 1. The second-order valence-corrected chi connectivity index (χ2v) is 6.03. The van der Waals surface area contributed by atoms with Gasteiger partial charge in [-0.05, 0) is 36.8 Å². The van der Waals surface area contributed by atoms with Crippen LogP contribution >= 0.6 is 0 Å². The molecule has 0 fully saturated rings. The van der Waals surface area contributed by atoms with E-state index in [0.29, 0.717) is 12.1 Å². The zero-order chi connectivity index (χ0) is 16.5. The van der Waals surface area contributed by atoms with Crippen LogP contribution in [0.15, 0.2) is 71.3 Å². The Hall–Kier alpha value is -3.01. The van der Waals surface area contributed by atoms with E-state index in [1.807, 2.05) is 41.3 Å². The summed E-state index contributed by atoms with van der Waals surface area (Å²) in [6, 6.07) is 19.6. The molecule has 2 aromatic carbocycles. The second-order valence-electron chi connectivity index (χ2n) is 6.03. The van der Waals surface area contributed by atoms with E-state index in [1.165, 1.54) is 5.56 Å². The maximum Gasteiger partial charge on any atom is 0.258 e. The van der Waals surface area contributed by atoms with Crippen molar-refractivity contribution in [3.8, 4) is 0 Å². The number of aryl methyl sites for hydroxylation is 1. The number of carbonyl (C=O) groups excluding carboxylic acids is 1. The number of amides is 1. The van der Waals surface area contributed by atoms with Crippen molar-refractivity contribution < 1.29 is 9.21 Å². The number of rotatable bonds is 3. The third kappa shape index (κ3) is 2.56. The molecular formula is C20H18N2O2. The Morgan fingerprint density at radius 3 is 2.58 bits per heavy atom. The molecule has 0 bridgehead atoms. The summed E-state index contributed by atoms with van der Waals surface area (Å²) in [6.07, 6.45) is 1.31. The molecule has 1 amide bonds. The van der Waals surface area contributed by atoms with Gasteiger partial charge in [0.2, 0.25) is 0 Å². The summed E-state index contributed by atoms with van der Waals surface area (Å²) in [5.74, 6) is 0.733. The average molecular weight is 318 g/mol. The molecule has 1 aliphatic heterocycles. The Labute approximate surface area is 140 Å². The van der Waals surface area contributed by atoms with E-state index < -0.39 is 0 Å². The number of hydrogen-bond donors (Lipinski definition) is 1. The molecule has 0 spiro atoms. The molecule has 4 rings (SSSR count). The molecule has 120 valence electrons. The standard InChI is InChI=1S/C20H18N2O2/c1-14-8-10-15(11-9-14)13-22-19(18-7-4-12-24-18)21-17-6-3-2-5-16(17)20(22)23/h2-12,19,21H,13H2,1H3/t19-/m1/s1. The van der Waals surface area contributed by atoms with Crippen molar-refractivity contribution >= 4 is 11.6 Å². The van der Waals surface area contributed by atoms with Gasteiger partial charge in [-0.25, -0.2) is 0 Å². The Balaban J connectivity index is 1.73. The van der Waals surface area contributed by atoms with Crippen molar-refractivity contribution in [1.29, 1.82) is 0 Å². The van der Waals surface area contributed by atoms with E-state index in [1.54, 1.807) is 6.26 Å². The van der Waals surface area contributed by atoms with Crippen LogP contribution in [0.4, 0.5) is 5.69 Å². The molecule has 2 heterocycles. The lowest BCUT2D eigenvalue weighted by molar-refractivity contribution is 0.0645. The van der Waals surface area contributed by atoms with Crippen LogP contribution in [0.1, 0.15) is 33.4 Å². The summed E-state index contributed by atoms with van der Waals surface area (Å²) >= 11 is 0. The quantitative estimate of drug-likeness (QED) is 0.780. The third-order valence-corrected chi connectivity index (χ3v) is 4.31. The number of hydrogen-bond acceptors (Lipinski definition) is 3. The number of fused-ring (bicyclic) bond motifs is 1. The van der Waals surface area contributed by atoms with E-state index in [4.69, 9.17) is 4.42 Å². The van der Waals surface area contributed by atoms with Crippen molar-refractivity contribution in [1.82, 2.24) is 4.90 Å². The number of benzene rings is 2. The lowest BCUT2D eigenvalue weighted by atomic mass is 10.0. The van der Waals surface area contributed by atoms with Crippen LogP contribution < -0.4 is 5.32 Å². The number of para-hydroxylation sites is 1. The van der Waals surface area contributed by atoms with Gasteiger partial charge in [-0.3, -0.25) is 4.79 Å². The molecule has 1 N–H and O–H groups in total. The summed E-state index contributed by atoms with van der Waals surface area (Å²) in [5.41, 5.74) is 3.82. The zero-order valence-electron chi connectivity index (χ0n) is 13.4. The van der Waals surface area contributed by atoms with Crippen LogP contribution in [-0.4, -0.2) is 10.8 Å². The van der Waals surface area contributed by atoms with Gasteiger partial charge < -0.3 is 14.6 Å². The van der Waals surface area contributed by atoms with Crippen LogP contribution in [0.5, 0.6) is 0 Å². The van der Waals surface area contributed by atoms with Gasteiger partial charge in [0.15, 0.2) is 6.17 Å². The Morgan fingerprint density at radius 2 is 1.83 bits per heavy atom. The van der Waals surface area contributed by atoms with Crippen LogP contribution in [0, 0.1) is 6.92 Å². The maximum atomic E-state index is 13.0. The number of nitrogens with zero attached hydrogens (tertiary/aromatic N) is 1. The minimum absolute atomic E-state index is 0.00586. The summed E-state index contributed by atoms with van der Waals surface area (Å²) < 4.78 is 5.57. The molecule has 0 saturated heterocycles. The lowest BCUT2D eigenvalue weighted by Gasteiger charge is -2.36. The summed E-state index contributed by atoms with van der Waals surface area (Å²) in [6.45, 7) is 2.57. The van der Waals surface area contributed by atoms with E-state index in [2.05, 4.69) is 36.5 Å². The van der Waals surface area contributed by atoms with Crippen molar-refractivity contribution in [3.63, 3.8) is 0 Å². The maximum absolute atomic E-state index is 13.0.